The third-order valence-corrected chi connectivity index (χ3v) is 5.02. The van der Waals surface area contributed by atoms with Crippen molar-refractivity contribution in [3.8, 4) is 11.3 Å². The second kappa shape index (κ2) is 5.27. The lowest BCUT2D eigenvalue weighted by molar-refractivity contribution is 0.0958. The molecule has 1 saturated carbocycles. The highest BCUT2D eigenvalue weighted by atomic mass is 19.1. The third kappa shape index (κ3) is 2.27. The Hall–Kier alpha value is -2.96. The van der Waals surface area contributed by atoms with Gasteiger partial charge in [-0.15, -0.1) is 0 Å². The van der Waals surface area contributed by atoms with E-state index in [1.807, 2.05) is 13.8 Å². The van der Waals surface area contributed by atoms with Gasteiger partial charge in [-0.2, -0.15) is 0 Å². The van der Waals surface area contributed by atoms with Crippen molar-refractivity contribution in [2.24, 2.45) is 0 Å². The minimum atomic E-state index is -0.388. The number of aryl methyl sites for hydroxylation is 1. The number of nitrogens with zero attached hydrogens (tertiary/aromatic N) is 2. The molecule has 1 aromatic carbocycles. The first kappa shape index (κ1) is 15.3. The van der Waals surface area contributed by atoms with Crippen molar-refractivity contribution in [2.45, 2.75) is 38.8 Å². The number of fused-ring (bicyclic) bond motifs is 2. The summed E-state index contributed by atoms with van der Waals surface area (Å²) in [6.45, 7) is 3.79. The van der Waals surface area contributed by atoms with Crippen LogP contribution in [-0.2, 0) is 0 Å². The average Bonchev–Trinajstić information content (AvgIpc) is 3.23. The number of aromatic amines is 1. The number of amides is 1. The molecule has 7 heteroatoms. The zero-order valence-electron chi connectivity index (χ0n) is 14.5. The van der Waals surface area contributed by atoms with Crippen molar-refractivity contribution < 1.29 is 9.18 Å². The van der Waals surface area contributed by atoms with Gasteiger partial charge in [-0.05, 0) is 44.9 Å². The molecule has 0 spiro atoms. The lowest BCUT2D eigenvalue weighted by Gasteiger charge is -2.12. The number of aromatic nitrogens is 3. The molecule has 5 rings (SSSR count). The van der Waals surface area contributed by atoms with Gasteiger partial charge in [0.25, 0.3) is 5.91 Å². The summed E-state index contributed by atoms with van der Waals surface area (Å²) < 4.78 is 14.8. The molecule has 2 aromatic heterocycles. The molecule has 0 bridgehead atoms. The Kier molecular flexibility index (Phi) is 3.10. The molecule has 2 aliphatic rings. The molecule has 132 valence electrons. The number of H-pyrrole nitrogens is 1. The van der Waals surface area contributed by atoms with E-state index in [0.29, 0.717) is 39.7 Å². The number of benzene rings is 1. The highest BCUT2D eigenvalue weighted by Crippen LogP contribution is 2.35. The molecule has 1 fully saturated rings. The summed E-state index contributed by atoms with van der Waals surface area (Å²) in [6, 6.07) is 5.04. The second-order valence-corrected chi connectivity index (χ2v) is 7.07. The first-order chi connectivity index (χ1) is 12.5. The molecule has 1 aliphatic carbocycles. The molecule has 3 N–H and O–H groups in total. The van der Waals surface area contributed by atoms with Gasteiger partial charge in [0.05, 0.1) is 39.8 Å². The molecule has 1 aliphatic heterocycles. The van der Waals surface area contributed by atoms with Gasteiger partial charge in [-0.25, -0.2) is 14.4 Å². The van der Waals surface area contributed by atoms with Crippen LogP contribution in [0.25, 0.3) is 22.3 Å². The molecular formula is C19H18FN5O. The summed E-state index contributed by atoms with van der Waals surface area (Å²) in [6.07, 6.45) is 2.23. The van der Waals surface area contributed by atoms with Crippen LogP contribution in [0.1, 0.15) is 47.6 Å². The number of hydrogen-bond donors (Lipinski definition) is 3. The second-order valence-electron chi connectivity index (χ2n) is 7.07. The van der Waals surface area contributed by atoms with Gasteiger partial charge in [0.15, 0.2) is 0 Å². The Labute approximate surface area is 149 Å². The molecule has 0 radical (unpaired) electrons. The quantitative estimate of drug-likeness (QED) is 0.675. The van der Waals surface area contributed by atoms with E-state index in [4.69, 9.17) is 0 Å². The van der Waals surface area contributed by atoms with Crippen molar-refractivity contribution in [3.05, 3.63) is 41.0 Å². The smallest absolute Gasteiger partial charge is 0.253 e. The van der Waals surface area contributed by atoms with Crippen molar-refractivity contribution in [1.82, 2.24) is 20.3 Å². The van der Waals surface area contributed by atoms with Crippen LogP contribution in [0.5, 0.6) is 0 Å². The summed E-state index contributed by atoms with van der Waals surface area (Å²) in [7, 11) is 0. The van der Waals surface area contributed by atoms with Gasteiger partial charge in [-0.3, -0.25) is 4.79 Å². The van der Waals surface area contributed by atoms with Crippen molar-refractivity contribution in [2.75, 3.05) is 5.32 Å². The van der Waals surface area contributed by atoms with Crippen molar-refractivity contribution in [3.63, 3.8) is 0 Å². The maximum atomic E-state index is 14.8. The van der Waals surface area contributed by atoms with Crippen LogP contribution in [0.2, 0.25) is 0 Å². The first-order valence-electron chi connectivity index (χ1n) is 8.79. The van der Waals surface area contributed by atoms with Gasteiger partial charge < -0.3 is 15.6 Å². The van der Waals surface area contributed by atoms with Crippen LogP contribution in [0, 0.1) is 12.7 Å². The molecule has 0 saturated heterocycles. The predicted molar refractivity (Wildman–Crippen MR) is 96.5 cm³/mol. The predicted octanol–water partition coefficient (Wildman–Crippen LogP) is 3.45. The van der Waals surface area contributed by atoms with Gasteiger partial charge in [0.2, 0.25) is 0 Å². The van der Waals surface area contributed by atoms with E-state index in [1.165, 1.54) is 6.07 Å². The fraction of sp³-hybridized carbons (Fsp3) is 0.316. The van der Waals surface area contributed by atoms with Crippen LogP contribution in [0.3, 0.4) is 0 Å². The van der Waals surface area contributed by atoms with Crippen LogP contribution in [0.4, 0.5) is 10.2 Å². The van der Waals surface area contributed by atoms with Gasteiger partial charge >= 0.3 is 0 Å². The Balaban J connectivity index is 1.71. The molecule has 6 nitrogen and oxygen atoms in total. The van der Waals surface area contributed by atoms with E-state index in [1.54, 1.807) is 12.1 Å². The molecular weight excluding hydrogens is 333 g/mol. The van der Waals surface area contributed by atoms with Gasteiger partial charge in [0.1, 0.15) is 17.2 Å². The number of carbonyl (C=O) groups is 1. The average molecular weight is 351 g/mol. The van der Waals surface area contributed by atoms with Crippen LogP contribution in [0.15, 0.2) is 18.2 Å². The number of hydrogen-bond acceptors (Lipinski definition) is 4. The number of nitrogens with one attached hydrogen (secondary N) is 3. The Bertz CT molecular complexity index is 1070. The molecule has 3 aromatic rings. The lowest BCUT2D eigenvalue weighted by Crippen LogP contribution is -2.17. The molecule has 1 unspecified atom stereocenters. The minimum Gasteiger partial charge on any atom is -0.366 e. The Morgan fingerprint density at radius 3 is 2.81 bits per heavy atom. The highest BCUT2D eigenvalue weighted by Gasteiger charge is 2.29. The monoisotopic (exact) mass is 351 g/mol. The number of halogens is 1. The zero-order chi connectivity index (χ0) is 18.0. The number of anilines is 1. The summed E-state index contributed by atoms with van der Waals surface area (Å²) >= 11 is 0. The molecule has 1 amide bonds. The summed E-state index contributed by atoms with van der Waals surface area (Å²) in [5, 5.41) is 6.19. The lowest BCUT2D eigenvalue weighted by atomic mass is 10.1. The van der Waals surface area contributed by atoms with E-state index >= 15 is 0 Å². The van der Waals surface area contributed by atoms with E-state index < -0.39 is 0 Å². The van der Waals surface area contributed by atoms with Crippen LogP contribution in [-0.4, -0.2) is 26.9 Å². The van der Waals surface area contributed by atoms with E-state index in [2.05, 4.69) is 25.6 Å². The zero-order valence-corrected chi connectivity index (χ0v) is 14.5. The Morgan fingerprint density at radius 1 is 1.27 bits per heavy atom. The summed E-state index contributed by atoms with van der Waals surface area (Å²) in [5.41, 5.74) is 4.15. The fourth-order valence-electron chi connectivity index (χ4n) is 3.48. The molecule has 1 atom stereocenters. The van der Waals surface area contributed by atoms with Crippen LogP contribution < -0.4 is 10.6 Å². The summed E-state index contributed by atoms with van der Waals surface area (Å²) in [5.74, 6) is 0.159. The minimum absolute atomic E-state index is 0.121. The number of rotatable bonds is 3. The normalized spacial score (nSPS) is 18.9. The van der Waals surface area contributed by atoms with Gasteiger partial charge in [-0.1, -0.05) is 0 Å². The molecule has 26 heavy (non-hydrogen) atoms. The van der Waals surface area contributed by atoms with Crippen LogP contribution >= 0.6 is 0 Å². The Morgan fingerprint density at radius 2 is 2.08 bits per heavy atom. The molecule has 3 heterocycles. The SMILES string of the molecule is Cc1nc2ccc(F)c(-c3cc4c([nH]3)C(C)NC4=O)c2nc1NC1CC1. The van der Waals surface area contributed by atoms with Gasteiger partial charge in [0, 0.05) is 6.04 Å². The van der Waals surface area contributed by atoms with E-state index in [-0.39, 0.29) is 17.8 Å². The maximum Gasteiger partial charge on any atom is 0.253 e. The summed E-state index contributed by atoms with van der Waals surface area (Å²) in [4.78, 5) is 24.5. The largest absolute Gasteiger partial charge is 0.366 e. The maximum absolute atomic E-state index is 14.8. The first-order valence-corrected chi connectivity index (χ1v) is 8.79. The highest BCUT2D eigenvalue weighted by molar-refractivity contribution is 6.01. The van der Waals surface area contributed by atoms with E-state index in [0.717, 1.165) is 24.2 Å². The van der Waals surface area contributed by atoms with Crippen molar-refractivity contribution in [1.29, 1.82) is 0 Å². The standard InChI is InChI=1S/C19H18FN5O/c1-8-16-11(19(26)22-8)7-14(24-16)15-12(20)5-6-13-17(15)25-18(9(2)21-13)23-10-3-4-10/h5-8,10,24H,3-4H2,1-2H3,(H,22,26)(H,23,25). The topological polar surface area (TPSA) is 82.7 Å². The van der Waals surface area contributed by atoms with E-state index in [9.17, 15) is 9.18 Å². The third-order valence-electron chi connectivity index (χ3n) is 5.02. The fourth-order valence-corrected chi connectivity index (χ4v) is 3.48. The van der Waals surface area contributed by atoms with Crippen molar-refractivity contribution >= 4 is 22.8 Å². The number of carbonyl (C=O) groups excluding carboxylic acids is 1.